The molecule has 1 amide bonds. The third-order valence-corrected chi connectivity index (χ3v) is 4.47. The first kappa shape index (κ1) is 20.1. The average molecular weight is 430 g/mol. The van der Waals surface area contributed by atoms with E-state index in [1.165, 1.54) is 6.07 Å². The number of benzene rings is 1. The van der Waals surface area contributed by atoms with Crippen molar-refractivity contribution in [1.82, 2.24) is 24.5 Å². The summed E-state index contributed by atoms with van der Waals surface area (Å²) in [6, 6.07) is 7.91. The molecule has 0 radical (unpaired) electrons. The zero-order chi connectivity index (χ0) is 22.3. The molecule has 0 saturated carbocycles. The van der Waals surface area contributed by atoms with Crippen LogP contribution >= 0.6 is 0 Å². The number of carbonyl (C=O) groups is 2. The maximum atomic E-state index is 12.9. The lowest BCUT2D eigenvalue weighted by Gasteiger charge is -2.04. The lowest BCUT2D eigenvalue weighted by atomic mass is 10.0. The van der Waals surface area contributed by atoms with E-state index in [0.29, 0.717) is 16.3 Å². The SMILES string of the molecule is Cn1nc(NC(=O)n2nc(C(=O)O)c3cc(-c4cccnc4)ccc32)cc1C(F)(F)F. The Labute approximate surface area is 171 Å². The van der Waals surface area contributed by atoms with Gasteiger partial charge >= 0.3 is 18.2 Å². The topological polar surface area (TPSA) is 115 Å². The van der Waals surface area contributed by atoms with Gasteiger partial charge in [0.1, 0.15) is 5.69 Å². The molecule has 31 heavy (non-hydrogen) atoms. The van der Waals surface area contributed by atoms with Crippen molar-refractivity contribution in [2.45, 2.75) is 6.18 Å². The molecule has 0 spiro atoms. The molecule has 0 aliphatic rings. The molecule has 0 fully saturated rings. The van der Waals surface area contributed by atoms with E-state index in [2.05, 4.69) is 20.5 Å². The number of carboxylic acid groups (broad SMARTS) is 1. The Hall–Kier alpha value is -4.22. The minimum Gasteiger partial charge on any atom is -0.476 e. The molecule has 0 bridgehead atoms. The summed E-state index contributed by atoms with van der Waals surface area (Å²) in [5.41, 5.74) is 0.108. The number of nitrogens with zero attached hydrogens (tertiary/aromatic N) is 5. The van der Waals surface area contributed by atoms with Gasteiger partial charge in [0, 0.05) is 36.5 Å². The molecular formula is C19H13F3N6O3. The number of rotatable bonds is 3. The lowest BCUT2D eigenvalue weighted by Crippen LogP contribution is -2.21. The number of alkyl halides is 3. The number of aromatic nitrogens is 5. The number of aryl methyl sites for hydroxylation is 1. The van der Waals surface area contributed by atoms with Gasteiger partial charge in [-0.25, -0.2) is 9.59 Å². The molecule has 0 unspecified atom stereocenters. The first-order chi connectivity index (χ1) is 14.6. The number of anilines is 1. The predicted molar refractivity (Wildman–Crippen MR) is 103 cm³/mol. The van der Waals surface area contributed by atoms with E-state index in [4.69, 9.17) is 0 Å². The third-order valence-electron chi connectivity index (χ3n) is 4.47. The molecule has 4 rings (SSSR count). The van der Waals surface area contributed by atoms with Gasteiger partial charge in [0.25, 0.3) is 0 Å². The van der Waals surface area contributed by atoms with Crippen molar-refractivity contribution in [1.29, 1.82) is 0 Å². The highest BCUT2D eigenvalue weighted by Crippen LogP contribution is 2.31. The van der Waals surface area contributed by atoms with Crippen molar-refractivity contribution in [2.24, 2.45) is 7.05 Å². The summed E-state index contributed by atoms with van der Waals surface area (Å²) in [7, 11) is 1.09. The molecule has 0 saturated heterocycles. The number of amides is 1. The fourth-order valence-corrected chi connectivity index (χ4v) is 3.10. The summed E-state index contributed by atoms with van der Waals surface area (Å²) in [4.78, 5) is 28.3. The number of carbonyl (C=O) groups excluding carboxylic acids is 1. The number of fused-ring (bicyclic) bond motifs is 1. The smallest absolute Gasteiger partial charge is 0.433 e. The normalized spacial score (nSPS) is 11.6. The molecule has 158 valence electrons. The minimum absolute atomic E-state index is 0.162. The monoisotopic (exact) mass is 430 g/mol. The van der Waals surface area contributed by atoms with Crippen LogP contribution in [0.15, 0.2) is 48.8 Å². The molecular weight excluding hydrogens is 417 g/mol. The molecule has 0 aliphatic heterocycles. The number of hydrogen-bond acceptors (Lipinski definition) is 5. The average Bonchev–Trinajstić information content (AvgIpc) is 3.28. The minimum atomic E-state index is -4.65. The van der Waals surface area contributed by atoms with Crippen LogP contribution in [0.5, 0.6) is 0 Å². The van der Waals surface area contributed by atoms with Gasteiger partial charge in [0.2, 0.25) is 0 Å². The van der Waals surface area contributed by atoms with E-state index >= 15 is 0 Å². The molecule has 1 aromatic carbocycles. The first-order valence-corrected chi connectivity index (χ1v) is 8.74. The van der Waals surface area contributed by atoms with Crippen LogP contribution in [0.4, 0.5) is 23.8 Å². The van der Waals surface area contributed by atoms with Crippen LogP contribution in [0.25, 0.3) is 22.0 Å². The number of hydrogen-bond donors (Lipinski definition) is 2. The summed E-state index contributed by atoms with van der Waals surface area (Å²) < 4.78 is 40.2. The number of nitrogens with one attached hydrogen (secondary N) is 1. The summed E-state index contributed by atoms with van der Waals surface area (Å²) in [5.74, 6) is -1.72. The van der Waals surface area contributed by atoms with Gasteiger partial charge in [-0.15, -0.1) is 0 Å². The number of pyridine rings is 1. The number of carboxylic acids is 1. The molecule has 4 aromatic rings. The number of aromatic carboxylic acids is 1. The van der Waals surface area contributed by atoms with Crippen LogP contribution in [-0.2, 0) is 13.2 Å². The zero-order valence-corrected chi connectivity index (χ0v) is 15.8. The highest BCUT2D eigenvalue weighted by Gasteiger charge is 2.35. The number of halogens is 3. The molecule has 0 aliphatic carbocycles. The van der Waals surface area contributed by atoms with Gasteiger partial charge in [0.15, 0.2) is 11.5 Å². The molecule has 0 atom stereocenters. The van der Waals surface area contributed by atoms with Crippen LogP contribution in [0.3, 0.4) is 0 Å². The van der Waals surface area contributed by atoms with Gasteiger partial charge in [-0.2, -0.15) is 28.1 Å². The summed E-state index contributed by atoms with van der Waals surface area (Å²) >= 11 is 0. The van der Waals surface area contributed by atoms with Gasteiger partial charge in [-0.05, 0) is 23.8 Å². The Morgan fingerprint density at radius 2 is 1.87 bits per heavy atom. The molecule has 2 N–H and O–H groups in total. The van der Waals surface area contributed by atoms with Crippen molar-refractivity contribution in [3.05, 3.63) is 60.2 Å². The van der Waals surface area contributed by atoms with Gasteiger partial charge in [-0.1, -0.05) is 12.1 Å². The molecule has 12 heteroatoms. The first-order valence-electron chi connectivity index (χ1n) is 8.74. The van der Waals surface area contributed by atoms with Gasteiger partial charge in [-0.3, -0.25) is 15.0 Å². The van der Waals surface area contributed by atoms with Crippen LogP contribution in [0.2, 0.25) is 0 Å². The predicted octanol–water partition coefficient (Wildman–Crippen LogP) is 3.63. The van der Waals surface area contributed by atoms with E-state index < -0.39 is 23.9 Å². The van der Waals surface area contributed by atoms with Crippen molar-refractivity contribution in [3.8, 4) is 11.1 Å². The van der Waals surface area contributed by atoms with Crippen molar-refractivity contribution < 1.29 is 27.9 Å². The fourth-order valence-electron chi connectivity index (χ4n) is 3.10. The summed E-state index contributed by atoms with van der Waals surface area (Å²) in [6.45, 7) is 0. The molecule has 3 aromatic heterocycles. The second kappa shape index (κ2) is 7.23. The van der Waals surface area contributed by atoms with Crippen LogP contribution < -0.4 is 5.32 Å². The second-order valence-corrected chi connectivity index (χ2v) is 6.51. The lowest BCUT2D eigenvalue weighted by molar-refractivity contribution is -0.143. The Bertz CT molecular complexity index is 1310. The van der Waals surface area contributed by atoms with Crippen molar-refractivity contribution >= 4 is 28.7 Å². The highest BCUT2D eigenvalue weighted by atomic mass is 19.4. The van der Waals surface area contributed by atoms with Gasteiger partial charge < -0.3 is 5.11 Å². The maximum Gasteiger partial charge on any atom is 0.433 e. The van der Waals surface area contributed by atoms with Crippen molar-refractivity contribution in [2.75, 3.05) is 5.32 Å². The van der Waals surface area contributed by atoms with Crippen LogP contribution in [0, 0.1) is 0 Å². The van der Waals surface area contributed by atoms with E-state index in [-0.39, 0.29) is 22.4 Å². The summed E-state index contributed by atoms with van der Waals surface area (Å²) in [6.07, 6.45) is -1.46. The van der Waals surface area contributed by atoms with Crippen LogP contribution in [0.1, 0.15) is 16.2 Å². The van der Waals surface area contributed by atoms with Crippen molar-refractivity contribution in [3.63, 3.8) is 0 Å². The standard InChI is InChI=1S/C19H13F3N6O3/c1-27-14(19(20,21)22)8-15(25-27)24-18(31)28-13-5-4-10(11-3-2-6-23-9-11)7-12(13)16(26-28)17(29)30/h2-9H,1H3,(H,29,30)(H,24,25,31). The molecule has 3 heterocycles. The third kappa shape index (κ3) is 3.70. The van der Waals surface area contributed by atoms with Gasteiger partial charge in [0.05, 0.1) is 5.52 Å². The Morgan fingerprint density at radius 1 is 1.10 bits per heavy atom. The van der Waals surface area contributed by atoms with E-state index in [1.807, 2.05) is 0 Å². The Morgan fingerprint density at radius 3 is 2.48 bits per heavy atom. The largest absolute Gasteiger partial charge is 0.476 e. The summed E-state index contributed by atoms with van der Waals surface area (Å²) in [5, 5.41) is 19.3. The second-order valence-electron chi connectivity index (χ2n) is 6.51. The van der Waals surface area contributed by atoms with E-state index in [0.717, 1.165) is 17.3 Å². The fraction of sp³-hybridized carbons (Fsp3) is 0.105. The van der Waals surface area contributed by atoms with E-state index in [1.54, 1.807) is 36.7 Å². The zero-order valence-electron chi connectivity index (χ0n) is 15.8. The quantitative estimate of drug-likeness (QED) is 0.513. The van der Waals surface area contributed by atoms with E-state index in [9.17, 15) is 27.9 Å². The Balaban J connectivity index is 1.74. The van der Waals surface area contributed by atoms with Crippen LogP contribution in [-0.4, -0.2) is 41.7 Å². The molecule has 9 nitrogen and oxygen atoms in total. The Kier molecular flexibility index (Phi) is 4.68. The maximum absolute atomic E-state index is 12.9. The highest BCUT2D eigenvalue weighted by molar-refractivity contribution is 6.06.